The van der Waals surface area contributed by atoms with Gasteiger partial charge in [-0.15, -0.1) is 4.80 Å². The van der Waals surface area contributed by atoms with Crippen molar-refractivity contribution in [2.45, 2.75) is 12.4 Å². The summed E-state index contributed by atoms with van der Waals surface area (Å²) in [5, 5.41) is 15.9. The fraction of sp³-hybridized carbons (Fsp3) is 0.0870. The molecule has 2 amide bonds. The third kappa shape index (κ3) is 3.98. The monoisotopic (exact) mass is 559 g/mol. The summed E-state index contributed by atoms with van der Waals surface area (Å²) >= 11 is 0. The maximum absolute atomic E-state index is 14.3. The minimum absolute atomic E-state index is 0.153. The van der Waals surface area contributed by atoms with Crippen molar-refractivity contribution in [3.8, 4) is 11.5 Å². The van der Waals surface area contributed by atoms with Gasteiger partial charge < -0.3 is 10.6 Å². The number of nitrogens with one attached hydrogen (secondary N) is 2. The molecule has 2 N–H and O–H groups in total. The summed E-state index contributed by atoms with van der Waals surface area (Å²) in [6.07, 6.45) is -5.34. The van der Waals surface area contributed by atoms with Crippen LogP contribution in [0.2, 0.25) is 0 Å². The molecule has 1 aromatic carbocycles. The van der Waals surface area contributed by atoms with Crippen molar-refractivity contribution in [1.82, 2.24) is 34.7 Å². The molecular weight excluding hydrogens is 548 g/mol. The first-order valence-electron chi connectivity index (χ1n) is 11.1. The summed E-state index contributed by atoms with van der Waals surface area (Å²) in [6, 6.07) is 4.90. The molecule has 11 nitrogen and oxygen atoms in total. The van der Waals surface area contributed by atoms with Gasteiger partial charge in [0.25, 0.3) is 11.8 Å². The molecule has 5 aromatic rings. The molecule has 6 rings (SSSR count). The van der Waals surface area contributed by atoms with Gasteiger partial charge in [0.1, 0.15) is 11.4 Å². The highest BCUT2D eigenvalue weighted by atomic mass is 19.4. The Kier molecular flexibility index (Phi) is 5.35. The smallest absolute Gasteiger partial charge is 0.320 e. The lowest BCUT2D eigenvalue weighted by Gasteiger charge is -2.15. The molecular formula is C23H11F6N9O2. The third-order valence-corrected chi connectivity index (χ3v) is 5.92. The van der Waals surface area contributed by atoms with E-state index in [1.165, 1.54) is 18.2 Å². The number of anilines is 2. The Labute approximate surface area is 217 Å². The van der Waals surface area contributed by atoms with Gasteiger partial charge in [-0.3, -0.25) is 9.59 Å². The number of hydrogen-bond acceptors (Lipinski definition) is 7. The molecule has 0 aliphatic carbocycles. The second-order valence-corrected chi connectivity index (χ2v) is 8.36. The first-order chi connectivity index (χ1) is 18.9. The Bertz CT molecular complexity index is 1830. The lowest BCUT2D eigenvalue weighted by atomic mass is 10.1. The first kappa shape index (κ1) is 25.0. The van der Waals surface area contributed by atoms with Crippen LogP contribution in [0.25, 0.3) is 22.3 Å². The van der Waals surface area contributed by atoms with E-state index in [9.17, 15) is 35.9 Å². The predicted octanol–water partition coefficient (Wildman–Crippen LogP) is 4.25. The second-order valence-electron chi connectivity index (χ2n) is 8.36. The van der Waals surface area contributed by atoms with Gasteiger partial charge in [0.05, 0.1) is 53.5 Å². The largest absolute Gasteiger partial charge is 0.434 e. The Morgan fingerprint density at radius 3 is 2.38 bits per heavy atom. The van der Waals surface area contributed by atoms with Gasteiger partial charge in [0, 0.05) is 10.8 Å². The van der Waals surface area contributed by atoms with Gasteiger partial charge in [-0.2, -0.15) is 41.6 Å². The van der Waals surface area contributed by atoms with Crippen molar-refractivity contribution in [2.24, 2.45) is 0 Å². The van der Waals surface area contributed by atoms with Crippen LogP contribution in [-0.4, -0.2) is 46.6 Å². The van der Waals surface area contributed by atoms with Gasteiger partial charge in [0.15, 0.2) is 11.5 Å². The minimum Gasteiger partial charge on any atom is -0.320 e. The highest BCUT2D eigenvalue weighted by Crippen LogP contribution is 2.39. The Hall–Kier alpha value is -5.35. The first-order valence-corrected chi connectivity index (χ1v) is 11.1. The van der Waals surface area contributed by atoms with Crippen LogP contribution in [0.4, 0.5) is 37.8 Å². The average Bonchev–Trinajstić information content (AvgIpc) is 3.64. The summed E-state index contributed by atoms with van der Waals surface area (Å²) in [4.78, 5) is 33.4. The molecule has 202 valence electrons. The molecule has 0 bridgehead atoms. The molecule has 0 unspecified atom stereocenters. The topological polar surface area (TPSA) is 133 Å². The lowest BCUT2D eigenvalue weighted by Crippen LogP contribution is -2.21. The number of carbonyl (C=O) groups excluding carboxylic acids is 2. The van der Waals surface area contributed by atoms with E-state index in [0.29, 0.717) is 21.7 Å². The SMILES string of the molecule is O=C(Nc1cnc(-n2nccn2)c(C(F)(F)F)c1)c1cnn(-c2cnc3c4c(cccc24)C(=O)N3)c1C(F)(F)F. The Morgan fingerprint density at radius 2 is 1.68 bits per heavy atom. The maximum Gasteiger partial charge on any atom is 0.434 e. The molecule has 0 radical (unpaired) electrons. The van der Waals surface area contributed by atoms with E-state index in [4.69, 9.17) is 0 Å². The molecule has 0 spiro atoms. The summed E-state index contributed by atoms with van der Waals surface area (Å²) in [5.41, 5.74) is -4.34. The molecule has 17 heteroatoms. The molecule has 0 atom stereocenters. The summed E-state index contributed by atoms with van der Waals surface area (Å²) in [5.74, 6) is -2.43. The van der Waals surface area contributed by atoms with E-state index in [1.54, 1.807) is 0 Å². The number of amides is 2. The number of nitrogens with zero attached hydrogens (tertiary/aromatic N) is 7. The van der Waals surface area contributed by atoms with E-state index in [2.05, 4.69) is 30.6 Å². The van der Waals surface area contributed by atoms with Crippen LogP contribution >= 0.6 is 0 Å². The van der Waals surface area contributed by atoms with Crippen LogP contribution in [0.15, 0.2) is 55.2 Å². The van der Waals surface area contributed by atoms with Crippen molar-refractivity contribution < 1.29 is 35.9 Å². The summed E-state index contributed by atoms with van der Waals surface area (Å²) in [6.45, 7) is 0. The van der Waals surface area contributed by atoms with Gasteiger partial charge in [-0.25, -0.2) is 14.6 Å². The van der Waals surface area contributed by atoms with Crippen LogP contribution in [0, 0.1) is 0 Å². The molecule has 4 aromatic heterocycles. The number of rotatable bonds is 4. The van der Waals surface area contributed by atoms with E-state index in [0.717, 1.165) is 24.8 Å². The van der Waals surface area contributed by atoms with Gasteiger partial charge in [-0.05, 0) is 12.1 Å². The van der Waals surface area contributed by atoms with Gasteiger partial charge in [-0.1, -0.05) is 12.1 Å². The van der Waals surface area contributed by atoms with Crippen molar-refractivity contribution in [2.75, 3.05) is 10.6 Å². The van der Waals surface area contributed by atoms with Crippen molar-refractivity contribution in [1.29, 1.82) is 0 Å². The van der Waals surface area contributed by atoms with Crippen molar-refractivity contribution in [3.63, 3.8) is 0 Å². The van der Waals surface area contributed by atoms with Crippen LogP contribution in [0.5, 0.6) is 0 Å². The number of benzene rings is 1. The molecule has 0 saturated heterocycles. The number of carbonyl (C=O) groups is 2. The zero-order chi connectivity index (χ0) is 28.4. The zero-order valence-electron chi connectivity index (χ0n) is 19.4. The minimum atomic E-state index is -5.13. The molecule has 40 heavy (non-hydrogen) atoms. The highest BCUT2D eigenvalue weighted by Gasteiger charge is 2.42. The summed E-state index contributed by atoms with van der Waals surface area (Å²) in [7, 11) is 0. The Balaban J connectivity index is 1.42. The van der Waals surface area contributed by atoms with Crippen molar-refractivity contribution >= 4 is 34.1 Å². The maximum atomic E-state index is 14.3. The van der Waals surface area contributed by atoms with Crippen LogP contribution in [0.3, 0.4) is 0 Å². The Morgan fingerprint density at radius 1 is 0.925 bits per heavy atom. The second kappa shape index (κ2) is 8.58. The number of alkyl halides is 6. The molecule has 1 aliphatic rings. The standard InChI is InChI=1S/C23H11F6N9O2/c24-22(25,26)14-6-10(7-31-19(14)38-32-4-5-33-38)35-21(40)13-8-34-37(17(13)23(27,28)29)15-9-30-18-16-11(15)2-1-3-12(16)20(39)36-18/h1-9H,(H,35,40)(H,30,36,39). The van der Waals surface area contributed by atoms with E-state index in [1.807, 2.05) is 5.32 Å². The predicted molar refractivity (Wildman–Crippen MR) is 124 cm³/mol. The van der Waals surface area contributed by atoms with Crippen molar-refractivity contribution in [3.05, 3.63) is 77.6 Å². The molecule has 0 saturated carbocycles. The number of pyridine rings is 2. The fourth-order valence-corrected chi connectivity index (χ4v) is 4.30. The van der Waals surface area contributed by atoms with Crippen LogP contribution < -0.4 is 10.6 Å². The zero-order valence-corrected chi connectivity index (χ0v) is 19.4. The van der Waals surface area contributed by atoms with Gasteiger partial charge in [0.2, 0.25) is 0 Å². The molecule has 1 aliphatic heterocycles. The average molecular weight is 559 g/mol. The third-order valence-electron chi connectivity index (χ3n) is 5.92. The number of hydrogen-bond donors (Lipinski definition) is 2. The summed E-state index contributed by atoms with van der Waals surface area (Å²) < 4.78 is 84.4. The lowest BCUT2D eigenvalue weighted by molar-refractivity contribution is -0.143. The van der Waals surface area contributed by atoms with E-state index < -0.39 is 52.5 Å². The quantitative estimate of drug-likeness (QED) is 0.315. The van der Waals surface area contributed by atoms with Crippen LogP contribution in [-0.2, 0) is 12.4 Å². The van der Waals surface area contributed by atoms with E-state index in [-0.39, 0.29) is 27.8 Å². The van der Waals surface area contributed by atoms with Gasteiger partial charge >= 0.3 is 12.4 Å². The molecule has 5 heterocycles. The number of aromatic nitrogens is 7. The van der Waals surface area contributed by atoms with E-state index >= 15 is 0 Å². The normalized spacial score (nSPS) is 13.1. The fourth-order valence-electron chi connectivity index (χ4n) is 4.30. The molecule has 0 fully saturated rings. The van der Waals surface area contributed by atoms with Crippen LogP contribution in [0.1, 0.15) is 32.0 Å². The number of halogens is 6. The highest BCUT2D eigenvalue weighted by molar-refractivity contribution is 6.24.